The van der Waals surface area contributed by atoms with E-state index in [4.69, 9.17) is 27.7 Å². The summed E-state index contributed by atoms with van der Waals surface area (Å²) in [7, 11) is 0. The minimum atomic E-state index is -0.489. The van der Waals surface area contributed by atoms with E-state index in [1.807, 2.05) is 0 Å². The van der Waals surface area contributed by atoms with Gasteiger partial charge in [0.25, 0.3) is 5.91 Å². The maximum Gasteiger partial charge on any atom is 0.295 e. The monoisotopic (exact) mass is 272 g/mol. The van der Waals surface area contributed by atoms with Crippen LogP contribution in [0.2, 0.25) is 10.4 Å². The molecule has 6 nitrogen and oxygen atoms in total. The summed E-state index contributed by atoms with van der Waals surface area (Å²) < 4.78 is 4.79. The van der Waals surface area contributed by atoms with Crippen molar-refractivity contribution in [3.05, 3.63) is 34.0 Å². The molecule has 88 valence electrons. The van der Waals surface area contributed by atoms with Crippen molar-refractivity contribution in [2.75, 3.05) is 5.32 Å². The molecule has 0 aromatic carbocycles. The third-order valence-electron chi connectivity index (χ3n) is 1.76. The van der Waals surface area contributed by atoms with Crippen molar-refractivity contribution in [2.24, 2.45) is 0 Å². The summed E-state index contributed by atoms with van der Waals surface area (Å²) in [6, 6.07) is 2.87. The number of amides is 1. The fourth-order valence-corrected chi connectivity index (χ4v) is 1.51. The summed E-state index contributed by atoms with van der Waals surface area (Å²) in [5.41, 5.74) is 0.605. The lowest BCUT2D eigenvalue weighted by Gasteiger charge is -2.01. The molecule has 0 unspecified atom stereocenters. The number of carbonyl (C=O) groups excluding carboxylic acids is 1. The molecule has 0 atom stereocenters. The second-order valence-corrected chi connectivity index (χ2v) is 3.86. The van der Waals surface area contributed by atoms with Gasteiger partial charge in [-0.25, -0.2) is 9.97 Å². The Kier molecular flexibility index (Phi) is 3.26. The van der Waals surface area contributed by atoms with Crippen molar-refractivity contribution in [2.45, 2.75) is 6.92 Å². The van der Waals surface area contributed by atoms with Crippen molar-refractivity contribution in [3.63, 3.8) is 0 Å². The number of aryl methyl sites for hydroxylation is 1. The number of aromatic nitrogens is 3. The van der Waals surface area contributed by atoms with E-state index in [1.165, 1.54) is 12.1 Å². The highest BCUT2D eigenvalue weighted by Gasteiger charge is 2.13. The average Bonchev–Trinajstić information content (AvgIpc) is 2.63. The maximum absolute atomic E-state index is 11.7. The number of rotatable bonds is 2. The molecular formula is C9H6Cl2N4O2. The molecule has 0 aliphatic rings. The molecule has 2 rings (SSSR count). The van der Waals surface area contributed by atoms with Gasteiger partial charge in [-0.15, -0.1) is 0 Å². The second-order valence-electron chi connectivity index (χ2n) is 3.13. The Balaban J connectivity index is 2.18. The van der Waals surface area contributed by atoms with Gasteiger partial charge in [-0.3, -0.25) is 4.79 Å². The lowest BCUT2D eigenvalue weighted by Crippen LogP contribution is -2.12. The van der Waals surface area contributed by atoms with Crippen LogP contribution in [-0.4, -0.2) is 21.0 Å². The fourth-order valence-electron chi connectivity index (χ4n) is 1.10. The Labute approximate surface area is 106 Å². The molecule has 2 heterocycles. The molecule has 17 heavy (non-hydrogen) atoms. The number of halogens is 2. The zero-order chi connectivity index (χ0) is 12.4. The topological polar surface area (TPSA) is 80.9 Å². The summed E-state index contributed by atoms with van der Waals surface area (Å²) in [4.78, 5) is 19.1. The Hall–Kier alpha value is -1.66. The second kappa shape index (κ2) is 4.68. The third-order valence-corrected chi connectivity index (χ3v) is 2.12. The van der Waals surface area contributed by atoms with Gasteiger partial charge in [-0.05, 0) is 18.5 Å². The lowest BCUT2D eigenvalue weighted by molar-refractivity contribution is 0.0987. The van der Waals surface area contributed by atoms with Crippen LogP contribution in [-0.2, 0) is 0 Å². The van der Waals surface area contributed by atoms with Crippen molar-refractivity contribution >= 4 is 34.9 Å². The molecule has 8 heteroatoms. The van der Waals surface area contributed by atoms with Gasteiger partial charge in [0.15, 0.2) is 0 Å². The van der Waals surface area contributed by atoms with E-state index in [0.29, 0.717) is 5.69 Å². The SMILES string of the molecule is Cc1cc(C(=O)Nc2cc(Cl)nc(Cl)n2)on1. The van der Waals surface area contributed by atoms with Crippen molar-refractivity contribution in [3.8, 4) is 0 Å². The largest absolute Gasteiger partial charge is 0.351 e. The van der Waals surface area contributed by atoms with Crippen molar-refractivity contribution in [1.82, 2.24) is 15.1 Å². The minimum Gasteiger partial charge on any atom is -0.351 e. The molecule has 0 aliphatic carbocycles. The van der Waals surface area contributed by atoms with Crippen molar-refractivity contribution in [1.29, 1.82) is 0 Å². The van der Waals surface area contributed by atoms with E-state index < -0.39 is 5.91 Å². The molecule has 2 aromatic heterocycles. The number of hydrogen-bond donors (Lipinski definition) is 1. The quantitative estimate of drug-likeness (QED) is 0.670. The molecule has 0 radical (unpaired) electrons. The highest BCUT2D eigenvalue weighted by Crippen LogP contribution is 2.15. The molecule has 0 saturated heterocycles. The minimum absolute atomic E-state index is 0.0541. The van der Waals surface area contributed by atoms with Gasteiger partial charge in [0.05, 0.1) is 5.69 Å². The third kappa shape index (κ3) is 2.92. The first kappa shape index (κ1) is 11.8. The Bertz CT molecular complexity index is 550. The molecule has 1 amide bonds. The van der Waals surface area contributed by atoms with Gasteiger partial charge in [0.2, 0.25) is 11.0 Å². The molecule has 0 fully saturated rings. The average molecular weight is 273 g/mol. The molecule has 0 spiro atoms. The van der Waals surface area contributed by atoms with E-state index >= 15 is 0 Å². The maximum atomic E-state index is 11.7. The van der Waals surface area contributed by atoms with Crippen LogP contribution in [0.3, 0.4) is 0 Å². The number of nitrogens with one attached hydrogen (secondary N) is 1. The first-order valence-electron chi connectivity index (χ1n) is 4.49. The van der Waals surface area contributed by atoms with E-state index in [2.05, 4.69) is 20.4 Å². The van der Waals surface area contributed by atoms with Crippen LogP contribution in [0.15, 0.2) is 16.7 Å². The van der Waals surface area contributed by atoms with Crippen LogP contribution in [0, 0.1) is 6.92 Å². The van der Waals surface area contributed by atoms with Crippen LogP contribution < -0.4 is 5.32 Å². The first-order chi connectivity index (χ1) is 8.04. The van der Waals surface area contributed by atoms with E-state index in [9.17, 15) is 4.79 Å². The van der Waals surface area contributed by atoms with E-state index in [0.717, 1.165) is 0 Å². The Morgan fingerprint density at radius 3 is 2.71 bits per heavy atom. The predicted octanol–water partition coefficient (Wildman–Crippen LogP) is 2.33. The Morgan fingerprint density at radius 2 is 2.12 bits per heavy atom. The summed E-state index contributed by atoms with van der Waals surface area (Å²) in [6.07, 6.45) is 0. The zero-order valence-corrected chi connectivity index (χ0v) is 10.1. The highest BCUT2D eigenvalue weighted by atomic mass is 35.5. The van der Waals surface area contributed by atoms with Gasteiger partial charge in [-0.2, -0.15) is 0 Å². The van der Waals surface area contributed by atoms with E-state index in [-0.39, 0.29) is 22.0 Å². The van der Waals surface area contributed by atoms with Crippen LogP contribution >= 0.6 is 23.2 Å². The first-order valence-corrected chi connectivity index (χ1v) is 5.25. The van der Waals surface area contributed by atoms with Gasteiger partial charge in [0, 0.05) is 12.1 Å². The summed E-state index contributed by atoms with van der Waals surface area (Å²) in [5, 5.41) is 6.13. The normalized spacial score (nSPS) is 10.3. The van der Waals surface area contributed by atoms with Gasteiger partial charge in [0.1, 0.15) is 11.0 Å². The van der Waals surface area contributed by atoms with Crippen LogP contribution in [0.1, 0.15) is 16.2 Å². The predicted molar refractivity (Wildman–Crippen MR) is 61.2 cm³/mol. The molecule has 2 aromatic rings. The number of carbonyl (C=O) groups is 1. The van der Waals surface area contributed by atoms with Gasteiger partial charge >= 0.3 is 0 Å². The van der Waals surface area contributed by atoms with Crippen LogP contribution in [0.4, 0.5) is 5.82 Å². The van der Waals surface area contributed by atoms with Crippen LogP contribution in [0.25, 0.3) is 0 Å². The molecule has 0 bridgehead atoms. The summed E-state index contributed by atoms with van der Waals surface area (Å²) in [6.45, 7) is 1.71. The molecule has 1 N–H and O–H groups in total. The summed E-state index contributed by atoms with van der Waals surface area (Å²) in [5.74, 6) is -0.223. The fraction of sp³-hybridized carbons (Fsp3) is 0.111. The lowest BCUT2D eigenvalue weighted by atomic mass is 10.3. The Morgan fingerprint density at radius 1 is 1.35 bits per heavy atom. The smallest absolute Gasteiger partial charge is 0.295 e. The molecule has 0 aliphatic heterocycles. The van der Waals surface area contributed by atoms with Crippen molar-refractivity contribution < 1.29 is 9.32 Å². The van der Waals surface area contributed by atoms with Crippen LogP contribution in [0.5, 0.6) is 0 Å². The highest BCUT2D eigenvalue weighted by molar-refractivity contribution is 6.32. The molecule has 0 saturated carbocycles. The number of nitrogens with zero attached hydrogens (tertiary/aromatic N) is 3. The standard InChI is InChI=1S/C9H6Cl2N4O2/c1-4-2-5(17-15-4)8(16)13-7-3-6(10)12-9(11)14-7/h2-3H,1H3,(H,12,13,14,16). The van der Waals surface area contributed by atoms with Gasteiger partial charge < -0.3 is 9.84 Å². The summed E-state index contributed by atoms with van der Waals surface area (Å²) >= 11 is 11.3. The zero-order valence-electron chi connectivity index (χ0n) is 8.57. The van der Waals surface area contributed by atoms with E-state index in [1.54, 1.807) is 6.92 Å². The van der Waals surface area contributed by atoms with Gasteiger partial charge in [-0.1, -0.05) is 16.8 Å². The molecular weight excluding hydrogens is 267 g/mol. The number of anilines is 1. The number of hydrogen-bond acceptors (Lipinski definition) is 5.